The predicted octanol–water partition coefficient (Wildman–Crippen LogP) is 7.16. The molecule has 5 heteroatoms. The Kier molecular flexibility index (Phi) is 12.2. The van der Waals surface area contributed by atoms with Crippen molar-refractivity contribution < 1.29 is 15.0 Å². The molecule has 0 radical (unpaired) electrons. The fraction of sp³-hybridized carbons (Fsp3) is 0.447. The molecule has 0 bridgehead atoms. The third-order valence-electron chi connectivity index (χ3n) is 8.14. The van der Waals surface area contributed by atoms with E-state index in [-0.39, 0.29) is 23.6 Å². The molecular weight excluding hydrogens is 532 g/mol. The van der Waals surface area contributed by atoms with E-state index in [1.807, 2.05) is 59.5 Å². The molecule has 3 aromatic rings. The van der Waals surface area contributed by atoms with Gasteiger partial charge in [0.25, 0.3) is 5.91 Å². The Bertz CT molecular complexity index is 1330. The van der Waals surface area contributed by atoms with Gasteiger partial charge in [-0.05, 0) is 89.5 Å². The number of carbonyl (C=O) groups excluding carboxylic acids is 1. The van der Waals surface area contributed by atoms with Crippen molar-refractivity contribution in [2.75, 3.05) is 19.7 Å². The van der Waals surface area contributed by atoms with Crippen molar-refractivity contribution in [3.05, 3.63) is 113 Å². The Labute approximate surface area is 259 Å². The van der Waals surface area contributed by atoms with Crippen molar-refractivity contribution in [3.63, 3.8) is 0 Å². The van der Waals surface area contributed by atoms with Gasteiger partial charge < -0.3 is 20.0 Å². The van der Waals surface area contributed by atoms with Crippen LogP contribution in [-0.2, 0) is 19.3 Å². The van der Waals surface area contributed by atoms with E-state index >= 15 is 0 Å². The van der Waals surface area contributed by atoms with Crippen LogP contribution in [0.1, 0.15) is 87.0 Å². The molecule has 43 heavy (non-hydrogen) atoms. The number of aliphatic hydroxyl groups excluding tert-OH is 2. The first kappa shape index (κ1) is 34.1. The molecule has 1 unspecified atom stereocenters. The maximum atomic E-state index is 14.1. The van der Waals surface area contributed by atoms with Crippen LogP contribution < -0.4 is 0 Å². The number of rotatable bonds is 15. The summed E-state index contributed by atoms with van der Waals surface area (Å²) in [5, 5.41) is 20.9. The molecule has 3 aromatic carbocycles. The number of benzene rings is 3. The van der Waals surface area contributed by atoms with Crippen molar-refractivity contribution in [2.45, 2.75) is 90.8 Å². The van der Waals surface area contributed by atoms with Crippen LogP contribution in [0.15, 0.2) is 85.4 Å². The summed E-state index contributed by atoms with van der Waals surface area (Å²) in [5.74, 6) is 0.0124. The van der Waals surface area contributed by atoms with Gasteiger partial charge in [-0.2, -0.15) is 0 Å². The maximum absolute atomic E-state index is 14.1. The number of carbonyl (C=O) groups is 1. The minimum Gasteiger partial charge on any atom is -0.395 e. The van der Waals surface area contributed by atoms with E-state index in [1.54, 1.807) is 0 Å². The van der Waals surface area contributed by atoms with Crippen LogP contribution in [0.25, 0.3) is 5.70 Å². The second-order valence-electron chi connectivity index (χ2n) is 13.1. The highest BCUT2D eigenvalue weighted by Gasteiger charge is 2.32. The highest BCUT2D eigenvalue weighted by Crippen LogP contribution is 2.29. The van der Waals surface area contributed by atoms with Gasteiger partial charge in [0.1, 0.15) is 0 Å². The first-order valence-corrected chi connectivity index (χ1v) is 15.7. The lowest BCUT2D eigenvalue weighted by Crippen LogP contribution is -2.49. The summed E-state index contributed by atoms with van der Waals surface area (Å²) >= 11 is 0. The van der Waals surface area contributed by atoms with Gasteiger partial charge in [-0.15, -0.1) is 0 Å². The zero-order valence-electron chi connectivity index (χ0n) is 27.1. The van der Waals surface area contributed by atoms with Gasteiger partial charge >= 0.3 is 0 Å². The van der Waals surface area contributed by atoms with Gasteiger partial charge in [0.2, 0.25) is 0 Å². The first-order valence-electron chi connectivity index (χ1n) is 15.7. The molecule has 0 saturated carbocycles. The smallest absolute Gasteiger partial charge is 0.254 e. The molecule has 0 fully saturated rings. The summed E-state index contributed by atoms with van der Waals surface area (Å²) in [4.78, 5) is 18.2. The second-order valence-corrected chi connectivity index (χ2v) is 13.1. The standard InChI is InChI=1S/C38H52N2O3/c1-8-24-40(38(6,7)28-30-16-10-9-11-17-30)36(43)35-21-15-13-19-32(35)27-33(42)23-22-31-18-12-14-20-34(31)29(2)39(25-26-41)37(3,4)5/h9-21,33,41-42H,2,8,22-28H2,1,3-7H3. The fourth-order valence-electron chi connectivity index (χ4n) is 5.96. The summed E-state index contributed by atoms with van der Waals surface area (Å²) in [6.07, 6.45) is 2.66. The molecule has 0 aliphatic rings. The summed E-state index contributed by atoms with van der Waals surface area (Å²) in [5.41, 5.74) is 5.19. The minimum absolute atomic E-state index is 0.0124. The van der Waals surface area contributed by atoms with Gasteiger partial charge in [0, 0.05) is 41.0 Å². The Hall–Kier alpha value is -3.41. The van der Waals surface area contributed by atoms with Gasteiger partial charge in [0.15, 0.2) is 0 Å². The van der Waals surface area contributed by atoms with Crippen LogP contribution >= 0.6 is 0 Å². The second kappa shape index (κ2) is 15.4. The SMILES string of the molecule is C=C(c1ccccc1CCC(O)Cc1ccccc1C(=O)N(CCC)C(C)(C)Cc1ccccc1)N(CCO)C(C)(C)C. The summed E-state index contributed by atoms with van der Waals surface area (Å²) in [7, 11) is 0. The molecule has 1 amide bonds. The van der Waals surface area contributed by atoms with E-state index in [0.717, 1.165) is 35.2 Å². The van der Waals surface area contributed by atoms with Crippen molar-refractivity contribution in [1.29, 1.82) is 0 Å². The zero-order valence-corrected chi connectivity index (χ0v) is 27.1. The van der Waals surface area contributed by atoms with Crippen LogP contribution in [0, 0.1) is 0 Å². The molecule has 0 aliphatic carbocycles. The number of aliphatic hydroxyl groups is 2. The molecule has 0 spiro atoms. The van der Waals surface area contributed by atoms with Crippen LogP contribution in [0.3, 0.4) is 0 Å². The van der Waals surface area contributed by atoms with Crippen LogP contribution in [0.4, 0.5) is 0 Å². The van der Waals surface area contributed by atoms with Gasteiger partial charge in [-0.25, -0.2) is 0 Å². The van der Waals surface area contributed by atoms with Crippen molar-refractivity contribution in [2.24, 2.45) is 0 Å². The highest BCUT2D eigenvalue weighted by atomic mass is 16.3. The van der Waals surface area contributed by atoms with E-state index in [4.69, 9.17) is 0 Å². The average Bonchev–Trinajstić information content (AvgIpc) is 2.97. The third kappa shape index (κ3) is 9.29. The molecular formula is C38H52N2O3. The Morgan fingerprint density at radius 2 is 1.40 bits per heavy atom. The van der Waals surface area contributed by atoms with E-state index in [2.05, 4.69) is 77.3 Å². The molecule has 232 valence electrons. The van der Waals surface area contributed by atoms with Gasteiger partial charge in [-0.3, -0.25) is 4.79 Å². The number of aryl methyl sites for hydroxylation is 1. The van der Waals surface area contributed by atoms with Crippen molar-refractivity contribution >= 4 is 11.6 Å². The summed E-state index contributed by atoms with van der Waals surface area (Å²) in [6, 6.07) is 26.2. The number of hydrogen-bond donors (Lipinski definition) is 2. The molecule has 2 N–H and O–H groups in total. The minimum atomic E-state index is -0.608. The van der Waals surface area contributed by atoms with Crippen LogP contribution in [0.5, 0.6) is 0 Å². The normalized spacial score (nSPS) is 12.6. The quantitative estimate of drug-likeness (QED) is 0.199. The number of β-amino-alcohol motifs (C(OH)–C–C–N with tert-alkyl or cyclic N) is 1. The summed E-state index contributed by atoms with van der Waals surface area (Å²) < 4.78 is 0. The maximum Gasteiger partial charge on any atom is 0.254 e. The highest BCUT2D eigenvalue weighted by molar-refractivity contribution is 5.96. The van der Waals surface area contributed by atoms with Gasteiger partial charge in [-0.1, -0.05) is 86.3 Å². The van der Waals surface area contributed by atoms with Gasteiger partial charge in [0.05, 0.1) is 12.7 Å². The van der Waals surface area contributed by atoms with Crippen LogP contribution in [-0.4, -0.2) is 62.8 Å². The summed E-state index contributed by atoms with van der Waals surface area (Å²) in [6.45, 7) is 18.3. The predicted molar refractivity (Wildman–Crippen MR) is 179 cm³/mol. The number of amides is 1. The molecule has 3 rings (SSSR count). The first-order chi connectivity index (χ1) is 20.4. The lowest BCUT2D eigenvalue weighted by molar-refractivity contribution is 0.0546. The third-order valence-corrected chi connectivity index (χ3v) is 8.14. The van der Waals surface area contributed by atoms with Crippen molar-refractivity contribution in [3.8, 4) is 0 Å². The monoisotopic (exact) mass is 584 g/mol. The van der Waals surface area contributed by atoms with E-state index in [1.165, 1.54) is 5.56 Å². The largest absolute Gasteiger partial charge is 0.395 e. The number of nitrogens with zero attached hydrogens (tertiary/aromatic N) is 2. The molecule has 5 nitrogen and oxygen atoms in total. The zero-order chi connectivity index (χ0) is 31.6. The van der Waals surface area contributed by atoms with Crippen molar-refractivity contribution in [1.82, 2.24) is 9.80 Å². The molecule has 0 aromatic heterocycles. The average molecular weight is 585 g/mol. The van der Waals surface area contributed by atoms with E-state index in [0.29, 0.717) is 37.9 Å². The Morgan fingerprint density at radius 3 is 2.00 bits per heavy atom. The molecule has 0 saturated heterocycles. The Balaban J connectivity index is 1.77. The van der Waals surface area contributed by atoms with E-state index < -0.39 is 6.10 Å². The fourth-order valence-corrected chi connectivity index (χ4v) is 5.96. The lowest BCUT2D eigenvalue weighted by atomic mass is 9.90. The molecule has 0 aliphatic heterocycles. The number of hydrogen-bond acceptors (Lipinski definition) is 4. The Morgan fingerprint density at radius 1 is 0.814 bits per heavy atom. The topological polar surface area (TPSA) is 64.0 Å². The van der Waals surface area contributed by atoms with Crippen LogP contribution in [0.2, 0.25) is 0 Å². The van der Waals surface area contributed by atoms with E-state index in [9.17, 15) is 15.0 Å². The molecule has 0 heterocycles. The molecule has 1 atom stereocenters. The lowest BCUT2D eigenvalue weighted by Gasteiger charge is -2.39.